The van der Waals surface area contributed by atoms with E-state index < -0.39 is 0 Å². The van der Waals surface area contributed by atoms with E-state index >= 15 is 0 Å². The smallest absolute Gasteiger partial charge is 0.280 e. The molecule has 0 spiro atoms. The highest BCUT2D eigenvalue weighted by Crippen LogP contribution is 2.18. The highest BCUT2D eigenvalue weighted by atomic mass is 32.1. The SMILES string of the molecule is Cc1nn2cc(CNC(=O)c3nc(C(C)C)cs3)nc2s1. The Labute approximate surface area is 129 Å². The maximum Gasteiger partial charge on any atom is 0.280 e. The van der Waals surface area contributed by atoms with E-state index in [9.17, 15) is 4.79 Å². The third kappa shape index (κ3) is 2.96. The molecular formula is C13H15N5OS2. The van der Waals surface area contributed by atoms with Gasteiger partial charge in [-0.3, -0.25) is 4.79 Å². The van der Waals surface area contributed by atoms with Crippen molar-refractivity contribution in [3.05, 3.63) is 33.0 Å². The summed E-state index contributed by atoms with van der Waals surface area (Å²) in [7, 11) is 0. The number of thiazole rings is 1. The fourth-order valence-corrected chi connectivity index (χ4v) is 3.47. The molecule has 0 fully saturated rings. The molecule has 3 aromatic rings. The lowest BCUT2D eigenvalue weighted by Crippen LogP contribution is -2.22. The van der Waals surface area contributed by atoms with Gasteiger partial charge in [-0.2, -0.15) is 5.10 Å². The van der Waals surface area contributed by atoms with E-state index in [2.05, 4.69) is 34.2 Å². The van der Waals surface area contributed by atoms with Gasteiger partial charge < -0.3 is 5.32 Å². The number of nitrogens with zero attached hydrogens (tertiary/aromatic N) is 4. The average Bonchev–Trinajstić information content (AvgIpc) is 3.09. The van der Waals surface area contributed by atoms with Gasteiger partial charge in [0, 0.05) is 5.38 Å². The van der Waals surface area contributed by atoms with Gasteiger partial charge in [0.25, 0.3) is 5.91 Å². The molecule has 0 unspecified atom stereocenters. The monoisotopic (exact) mass is 321 g/mol. The Kier molecular flexibility index (Phi) is 3.73. The molecular weight excluding hydrogens is 306 g/mol. The molecule has 0 radical (unpaired) electrons. The molecule has 0 aliphatic rings. The number of aryl methyl sites for hydroxylation is 1. The predicted octanol–water partition coefficient (Wildman–Crippen LogP) is 2.61. The summed E-state index contributed by atoms with van der Waals surface area (Å²) in [5.41, 5.74) is 1.75. The highest BCUT2D eigenvalue weighted by molar-refractivity contribution is 7.16. The van der Waals surface area contributed by atoms with Crippen molar-refractivity contribution in [2.45, 2.75) is 33.2 Å². The van der Waals surface area contributed by atoms with Crippen LogP contribution in [0, 0.1) is 6.92 Å². The van der Waals surface area contributed by atoms with Crippen LogP contribution in [0.4, 0.5) is 0 Å². The van der Waals surface area contributed by atoms with Gasteiger partial charge in [-0.15, -0.1) is 11.3 Å². The number of carbonyl (C=O) groups is 1. The van der Waals surface area contributed by atoms with Gasteiger partial charge in [-0.05, 0) is 12.8 Å². The summed E-state index contributed by atoms with van der Waals surface area (Å²) in [6, 6.07) is 0. The molecule has 3 rings (SSSR count). The molecule has 0 saturated heterocycles. The fraction of sp³-hybridized carbons (Fsp3) is 0.385. The Morgan fingerprint density at radius 3 is 2.90 bits per heavy atom. The Hall–Kier alpha value is -1.80. The third-order valence-corrected chi connectivity index (χ3v) is 4.63. The van der Waals surface area contributed by atoms with Crippen LogP contribution in [-0.4, -0.2) is 25.5 Å². The van der Waals surface area contributed by atoms with E-state index in [1.165, 1.54) is 22.7 Å². The molecule has 3 aromatic heterocycles. The molecule has 1 amide bonds. The van der Waals surface area contributed by atoms with E-state index in [1.807, 2.05) is 18.5 Å². The summed E-state index contributed by atoms with van der Waals surface area (Å²) in [5.74, 6) is 0.171. The largest absolute Gasteiger partial charge is 0.344 e. The van der Waals surface area contributed by atoms with Gasteiger partial charge in [-0.25, -0.2) is 14.5 Å². The van der Waals surface area contributed by atoms with Crippen LogP contribution in [0.5, 0.6) is 0 Å². The number of hydrogen-bond acceptors (Lipinski definition) is 6. The fourth-order valence-electron chi connectivity index (χ4n) is 1.83. The minimum Gasteiger partial charge on any atom is -0.344 e. The first-order chi connectivity index (χ1) is 10.0. The van der Waals surface area contributed by atoms with Gasteiger partial charge in [-0.1, -0.05) is 25.2 Å². The zero-order valence-electron chi connectivity index (χ0n) is 12.0. The average molecular weight is 321 g/mol. The molecule has 8 heteroatoms. The number of fused-ring (bicyclic) bond motifs is 1. The molecule has 110 valence electrons. The van der Waals surface area contributed by atoms with Crippen LogP contribution in [0.1, 0.15) is 46.0 Å². The van der Waals surface area contributed by atoms with Crippen molar-refractivity contribution in [2.24, 2.45) is 0 Å². The summed E-state index contributed by atoms with van der Waals surface area (Å²) < 4.78 is 1.74. The van der Waals surface area contributed by atoms with E-state index in [1.54, 1.807) is 4.52 Å². The topological polar surface area (TPSA) is 72.2 Å². The highest BCUT2D eigenvalue weighted by Gasteiger charge is 2.13. The second-order valence-electron chi connectivity index (χ2n) is 5.00. The predicted molar refractivity (Wildman–Crippen MR) is 83.0 cm³/mol. The number of rotatable bonds is 4. The summed E-state index contributed by atoms with van der Waals surface area (Å²) in [6.07, 6.45) is 1.83. The number of carbonyl (C=O) groups excluding carboxylic acids is 1. The zero-order chi connectivity index (χ0) is 15.0. The third-order valence-electron chi connectivity index (χ3n) is 2.93. The number of hydrogen-bond donors (Lipinski definition) is 1. The molecule has 3 heterocycles. The van der Waals surface area contributed by atoms with Crippen LogP contribution in [0.2, 0.25) is 0 Å². The molecule has 0 aromatic carbocycles. The molecule has 6 nitrogen and oxygen atoms in total. The van der Waals surface area contributed by atoms with Crippen molar-refractivity contribution in [3.63, 3.8) is 0 Å². The van der Waals surface area contributed by atoms with E-state index in [0.717, 1.165) is 21.4 Å². The number of imidazole rings is 1. The molecule has 0 aliphatic carbocycles. The van der Waals surface area contributed by atoms with Gasteiger partial charge in [0.1, 0.15) is 5.01 Å². The van der Waals surface area contributed by atoms with E-state index in [4.69, 9.17) is 0 Å². The lowest BCUT2D eigenvalue weighted by molar-refractivity contribution is 0.0950. The van der Waals surface area contributed by atoms with Crippen molar-refractivity contribution in [3.8, 4) is 0 Å². The Balaban J connectivity index is 1.65. The molecule has 0 bridgehead atoms. The number of aromatic nitrogens is 4. The van der Waals surface area contributed by atoms with Gasteiger partial charge >= 0.3 is 0 Å². The first-order valence-electron chi connectivity index (χ1n) is 6.58. The Morgan fingerprint density at radius 2 is 2.24 bits per heavy atom. The quantitative estimate of drug-likeness (QED) is 0.802. The molecule has 0 aliphatic heterocycles. The lowest BCUT2D eigenvalue weighted by Gasteiger charge is -2.00. The maximum atomic E-state index is 12.1. The van der Waals surface area contributed by atoms with Crippen molar-refractivity contribution in [2.75, 3.05) is 0 Å². The number of amides is 1. The van der Waals surface area contributed by atoms with Crippen molar-refractivity contribution in [1.82, 2.24) is 24.9 Å². The van der Waals surface area contributed by atoms with Crippen LogP contribution >= 0.6 is 22.7 Å². The second-order valence-corrected chi connectivity index (χ2v) is 7.01. The van der Waals surface area contributed by atoms with Crippen molar-refractivity contribution >= 4 is 33.5 Å². The van der Waals surface area contributed by atoms with E-state index in [-0.39, 0.29) is 5.91 Å². The Morgan fingerprint density at radius 1 is 1.43 bits per heavy atom. The summed E-state index contributed by atoms with van der Waals surface area (Å²) in [5, 5.41) is 10.5. The van der Waals surface area contributed by atoms with Crippen molar-refractivity contribution < 1.29 is 4.79 Å². The number of nitrogens with one attached hydrogen (secondary N) is 1. The molecule has 21 heavy (non-hydrogen) atoms. The second kappa shape index (κ2) is 5.53. The lowest BCUT2D eigenvalue weighted by atomic mass is 10.2. The van der Waals surface area contributed by atoms with Crippen molar-refractivity contribution in [1.29, 1.82) is 0 Å². The van der Waals surface area contributed by atoms with Crippen LogP contribution in [0.25, 0.3) is 4.96 Å². The van der Waals surface area contributed by atoms with E-state index in [0.29, 0.717) is 17.5 Å². The minimum atomic E-state index is -0.160. The molecule has 1 N–H and O–H groups in total. The summed E-state index contributed by atoms with van der Waals surface area (Å²) in [4.78, 5) is 21.6. The van der Waals surface area contributed by atoms with Gasteiger partial charge in [0.15, 0.2) is 5.01 Å². The van der Waals surface area contributed by atoms with Gasteiger partial charge in [0.2, 0.25) is 4.96 Å². The molecule has 0 atom stereocenters. The van der Waals surface area contributed by atoms with Gasteiger partial charge in [0.05, 0.1) is 24.1 Å². The first-order valence-corrected chi connectivity index (χ1v) is 8.28. The standard InChI is InChI=1S/C13H15N5OS2/c1-7(2)10-6-20-12(16-10)11(19)14-4-9-5-18-13(15-9)21-8(3)17-18/h5-7H,4H2,1-3H3,(H,14,19). The van der Waals surface area contributed by atoms with Crippen LogP contribution in [0.3, 0.4) is 0 Å². The first kappa shape index (κ1) is 14.2. The maximum absolute atomic E-state index is 12.1. The summed E-state index contributed by atoms with van der Waals surface area (Å²) in [6.45, 7) is 6.44. The Bertz CT molecular complexity index is 754. The molecule has 0 saturated carbocycles. The normalized spacial score (nSPS) is 11.4. The van der Waals surface area contributed by atoms with Crippen LogP contribution < -0.4 is 5.32 Å². The zero-order valence-corrected chi connectivity index (χ0v) is 13.6. The van der Waals surface area contributed by atoms with Crippen LogP contribution in [-0.2, 0) is 6.54 Å². The minimum absolute atomic E-state index is 0.160. The van der Waals surface area contributed by atoms with Crippen LogP contribution in [0.15, 0.2) is 11.6 Å². The summed E-state index contributed by atoms with van der Waals surface area (Å²) >= 11 is 2.90.